The standard InChI is InChI=1S/C12H18BrNO3S/c1-2-7-14(8-9-15)18(16,17)10-11-3-5-12(13)6-4-11/h3-6,15H,2,7-10H2,1H3. The molecular weight excluding hydrogens is 318 g/mol. The Labute approximate surface area is 117 Å². The molecule has 1 aromatic rings. The maximum absolute atomic E-state index is 12.2. The van der Waals surface area contributed by atoms with E-state index in [1.165, 1.54) is 4.31 Å². The first-order chi connectivity index (χ1) is 8.49. The molecule has 0 aliphatic heterocycles. The minimum atomic E-state index is -3.35. The van der Waals surface area contributed by atoms with E-state index >= 15 is 0 Å². The molecule has 1 rings (SSSR count). The lowest BCUT2D eigenvalue weighted by Crippen LogP contribution is -2.35. The quantitative estimate of drug-likeness (QED) is 0.828. The average Bonchev–Trinajstić information content (AvgIpc) is 2.32. The van der Waals surface area contributed by atoms with E-state index in [9.17, 15) is 8.42 Å². The van der Waals surface area contributed by atoms with Crippen LogP contribution in [0.25, 0.3) is 0 Å². The number of nitrogens with zero attached hydrogens (tertiary/aromatic N) is 1. The van der Waals surface area contributed by atoms with Crippen molar-refractivity contribution in [1.82, 2.24) is 4.31 Å². The summed E-state index contributed by atoms with van der Waals surface area (Å²) in [6.07, 6.45) is 0.736. The fraction of sp³-hybridized carbons (Fsp3) is 0.500. The molecule has 0 saturated carbocycles. The summed E-state index contributed by atoms with van der Waals surface area (Å²) in [4.78, 5) is 0. The summed E-state index contributed by atoms with van der Waals surface area (Å²) in [6.45, 7) is 2.37. The SMILES string of the molecule is CCCN(CCO)S(=O)(=O)Cc1ccc(Br)cc1. The molecule has 1 aromatic carbocycles. The Morgan fingerprint density at radius 3 is 2.33 bits per heavy atom. The molecule has 0 aliphatic carbocycles. The van der Waals surface area contributed by atoms with Crippen LogP contribution in [0.4, 0.5) is 0 Å². The van der Waals surface area contributed by atoms with Crippen molar-refractivity contribution >= 4 is 26.0 Å². The van der Waals surface area contributed by atoms with Crippen molar-refractivity contribution < 1.29 is 13.5 Å². The lowest BCUT2D eigenvalue weighted by atomic mass is 10.2. The third-order valence-corrected chi connectivity index (χ3v) is 4.86. The third-order valence-electron chi connectivity index (χ3n) is 2.48. The van der Waals surface area contributed by atoms with Crippen LogP contribution in [0, 0.1) is 0 Å². The van der Waals surface area contributed by atoms with Gasteiger partial charge < -0.3 is 5.11 Å². The predicted octanol–water partition coefficient (Wildman–Crippen LogP) is 1.98. The maximum Gasteiger partial charge on any atom is 0.218 e. The van der Waals surface area contributed by atoms with E-state index in [0.717, 1.165) is 16.5 Å². The van der Waals surface area contributed by atoms with Gasteiger partial charge in [0.05, 0.1) is 12.4 Å². The molecule has 0 bridgehead atoms. The number of rotatable bonds is 7. The van der Waals surface area contributed by atoms with Crippen LogP contribution in [0.15, 0.2) is 28.7 Å². The second-order valence-corrected chi connectivity index (χ2v) is 6.89. The van der Waals surface area contributed by atoms with E-state index in [1.807, 2.05) is 19.1 Å². The maximum atomic E-state index is 12.2. The van der Waals surface area contributed by atoms with Crippen molar-refractivity contribution in [2.75, 3.05) is 19.7 Å². The first kappa shape index (κ1) is 15.6. The Hall–Kier alpha value is -0.430. The van der Waals surface area contributed by atoms with Crippen molar-refractivity contribution in [3.63, 3.8) is 0 Å². The van der Waals surface area contributed by atoms with Crippen LogP contribution in [0.3, 0.4) is 0 Å². The molecular formula is C12H18BrNO3S. The van der Waals surface area contributed by atoms with Gasteiger partial charge in [-0.2, -0.15) is 4.31 Å². The van der Waals surface area contributed by atoms with E-state index in [2.05, 4.69) is 15.9 Å². The van der Waals surface area contributed by atoms with Crippen LogP contribution < -0.4 is 0 Å². The normalized spacial score (nSPS) is 12.0. The van der Waals surface area contributed by atoms with Crippen LogP contribution in [0.2, 0.25) is 0 Å². The Kier molecular flexibility index (Phi) is 6.28. The van der Waals surface area contributed by atoms with Crippen LogP contribution in [0.1, 0.15) is 18.9 Å². The minimum absolute atomic E-state index is 0.0275. The smallest absolute Gasteiger partial charge is 0.218 e. The predicted molar refractivity (Wildman–Crippen MR) is 75.7 cm³/mol. The van der Waals surface area contributed by atoms with E-state index in [0.29, 0.717) is 6.54 Å². The van der Waals surface area contributed by atoms with E-state index in [-0.39, 0.29) is 18.9 Å². The Morgan fingerprint density at radius 2 is 1.83 bits per heavy atom. The number of hydrogen-bond donors (Lipinski definition) is 1. The van der Waals surface area contributed by atoms with Gasteiger partial charge in [0.25, 0.3) is 0 Å². The molecule has 4 nitrogen and oxygen atoms in total. The first-order valence-corrected chi connectivity index (χ1v) is 8.23. The molecule has 0 saturated heterocycles. The van der Waals surface area contributed by atoms with Gasteiger partial charge in [0, 0.05) is 17.6 Å². The van der Waals surface area contributed by atoms with Gasteiger partial charge in [-0.3, -0.25) is 0 Å². The third kappa shape index (κ3) is 4.68. The zero-order valence-corrected chi connectivity index (χ0v) is 12.7. The van der Waals surface area contributed by atoms with E-state index in [4.69, 9.17) is 5.11 Å². The van der Waals surface area contributed by atoms with Gasteiger partial charge in [0.1, 0.15) is 0 Å². The molecule has 0 aromatic heterocycles. The van der Waals surface area contributed by atoms with Gasteiger partial charge in [-0.1, -0.05) is 35.0 Å². The highest BCUT2D eigenvalue weighted by Crippen LogP contribution is 2.15. The lowest BCUT2D eigenvalue weighted by Gasteiger charge is -2.20. The van der Waals surface area contributed by atoms with Gasteiger partial charge in [-0.05, 0) is 24.1 Å². The van der Waals surface area contributed by atoms with E-state index in [1.54, 1.807) is 12.1 Å². The molecule has 0 heterocycles. The zero-order valence-electron chi connectivity index (χ0n) is 10.3. The first-order valence-electron chi connectivity index (χ1n) is 5.82. The van der Waals surface area contributed by atoms with Crippen molar-refractivity contribution in [3.8, 4) is 0 Å². The largest absolute Gasteiger partial charge is 0.395 e. The van der Waals surface area contributed by atoms with Gasteiger partial charge in [-0.15, -0.1) is 0 Å². The summed E-state index contributed by atoms with van der Waals surface area (Å²) in [5, 5.41) is 8.92. The number of aliphatic hydroxyl groups is 1. The Balaban J connectivity index is 2.81. The molecule has 6 heteroatoms. The number of halogens is 1. The van der Waals surface area contributed by atoms with Crippen LogP contribution in [-0.2, 0) is 15.8 Å². The summed E-state index contributed by atoms with van der Waals surface area (Å²) in [7, 11) is -3.35. The van der Waals surface area contributed by atoms with Gasteiger partial charge in [0.15, 0.2) is 0 Å². The molecule has 0 unspecified atom stereocenters. The minimum Gasteiger partial charge on any atom is -0.395 e. The van der Waals surface area contributed by atoms with Crippen LogP contribution in [0.5, 0.6) is 0 Å². The molecule has 0 amide bonds. The second kappa shape index (κ2) is 7.23. The van der Waals surface area contributed by atoms with Gasteiger partial charge >= 0.3 is 0 Å². The number of benzene rings is 1. The van der Waals surface area contributed by atoms with E-state index < -0.39 is 10.0 Å². The summed E-state index contributed by atoms with van der Waals surface area (Å²) in [5.41, 5.74) is 0.747. The summed E-state index contributed by atoms with van der Waals surface area (Å²) in [5.74, 6) is -0.0275. The molecule has 102 valence electrons. The van der Waals surface area contributed by atoms with Crippen LogP contribution >= 0.6 is 15.9 Å². The Morgan fingerprint density at radius 1 is 1.22 bits per heavy atom. The molecule has 18 heavy (non-hydrogen) atoms. The summed E-state index contributed by atoms with van der Waals surface area (Å²) in [6, 6.07) is 7.21. The summed E-state index contributed by atoms with van der Waals surface area (Å²) >= 11 is 3.31. The van der Waals surface area contributed by atoms with Gasteiger partial charge in [0.2, 0.25) is 10.0 Å². The highest BCUT2D eigenvalue weighted by Gasteiger charge is 2.21. The van der Waals surface area contributed by atoms with Crippen molar-refractivity contribution in [3.05, 3.63) is 34.3 Å². The van der Waals surface area contributed by atoms with Crippen molar-refractivity contribution in [2.24, 2.45) is 0 Å². The highest BCUT2D eigenvalue weighted by atomic mass is 79.9. The number of hydrogen-bond acceptors (Lipinski definition) is 3. The average molecular weight is 336 g/mol. The molecule has 0 radical (unpaired) electrons. The fourth-order valence-corrected chi connectivity index (χ4v) is 3.51. The zero-order chi connectivity index (χ0) is 13.6. The fourth-order valence-electron chi connectivity index (χ4n) is 1.63. The molecule has 0 atom stereocenters. The second-order valence-electron chi connectivity index (χ2n) is 4.01. The topological polar surface area (TPSA) is 57.6 Å². The summed E-state index contributed by atoms with van der Waals surface area (Å²) < 4.78 is 26.6. The van der Waals surface area contributed by atoms with Gasteiger partial charge in [-0.25, -0.2) is 8.42 Å². The molecule has 1 N–H and O–H groups in total. The number of sulfonamides is 1. The highest BCUT2D eigenvalue weighted by molar-refractivity contribution is 9.10. The van der Waals surface area contributed by atoms with Crippen molar-refractivity contribution in [2.45, 2.75) is 19.1 Å². The van der Waals surface area contributed by atoms with Crippen molar-refractivity contribution in [1.29, 1.82) is 0 Å². The Bertz CT molecular complexity index is 453. The lowest BCUT2D eigenvalue weighted by molar-refractivity contribution is 0.253. The number of aliphatic hydroxyl groups excluding tert-OH is 1. The van der Waals surface area contributed by atoms with Crippen LogP contribution in [-0.4, -0.2) is 37.5 Å². The molecule has 0 aliphatic rings. The molecule has 0 fully saturated rings. The monoisotopic (exact) mass is 335 g/mol. The molecule has 0 spiro atoms.